The lowest BCUT2D eigenvalue weighted by Crippen LogP contribution is -2.48. The molecule has 0 saturated carbocycles. The van der Waals surface area contributed by atoms with E-state index >= 15 is 0 Å². The van der Waals surface area contributed by atoms with E-state index in [0.717, 1.165) is 48.5 Å². The number of aromatic nitrogens is 2. The number of rotatable bonds is 3. The fourth-order valence-corrected chi connectivity index (χ4v) is 4.52. The highest BCUT2D eigenvalue weighted by Crippen LogP contribution is 2.34. The predicted molar refractivity (Wildman–Crippen MR) is 109 cm³/mol. The Morgan fingerprint density at radius 1 is 1.00 bits per heavy atom. The third-order valence-electron chi connectivity index (χ3n) is 6.02. The number of fused-ring (bicyclic) bond motifs is 5. The van der Waals surface area contributed by atoms with Crippen molar-refractivity contribution < 1.29 is 9.13 Å². The number of anilines is 2. The van der Waals surface area contributed by atoms with E-state index in [9.17, 15) is 4.39 Å². The number of piperidine rings is 1. The van der Waals surface area contributed by atoms with Gasteiger partial charge in [0, 0.05) is 42.4 Å². The van der Waals surface area contributed by atoms with Crippen molar-refractivity contribution in [1.29, 1.82) is 0 Å². The molecule has 5 nitrogen and oxygen atoms in total. The van der Waals surface area contributed by atoms with Gasteiger partial charge in [0.05, 0.1) is 12.6 Å². The molecule has 144 valence electrons. The largest absolute Gasteiger partial charge is 0.497 e. The third kappa shape index (κ3) is 3.03. The first-order valence-electron chi connectivity index (χ1n) is 9.81. The van der Waals surface area contributed by atoms with Crippen molar-refractivity contribution in [3.8, 4) is 5.75 Å². The summed E-state index contributed by atoms with van der Waals surface area (Å²) in [4.78, 5) is 14.2. The van der Waals surface area contributed by atoms with Gasteiger partial charge in [-0.05, 0) is 61.7 Å². The lowest BCUT2D eigenvalue weighted by Gasteiger charge is -2.40. The molecule has 6 rings (SSSR count). The molecule has 1 aromatic heterocycles. The first kappa shape index (κ1) is 17.2. The molecule has 2 bridgehead atoms. The van der Waals surface area contributed by atoms with Gasteiger partial charge in [0.25, 0.3) is 0 Å². The number of methoxy groups -OCH3 is 1. The minimum atomic E-state index is -0.257. The third-order valence-corrected chi connectivity index (χ3v) is 6.02. The average molecular weight is 378 g/mol. The van der Waals surface area contributed by atoms with Crippen molar-refractivity contribution in [1.82, 2.24) is 9.97 Å². The summed E-state index contributed by atoms with van der Waals surface area (Å²) in [6.07, 6.45) is 5.13. The monoisotopic (exact) mass is 378 g/mol. The second-order valence-corrected chi connectivity index (χ2v) is 7.59. The molecule has 3 fully saturated rings. The summed E-state index contributed by atoms with van der Waals surface area (Å²) in [5.41, 5.74) is 2.03. The lowest BCUT2D eigenvalue weighted by atomic mass is 9.98. The standard InChI is InChI=1S/C22H23FN4O/c1-28-20-7-5-17(6-8-20)27-14-19-4-3-18(27)10-11-26(19)22-24-13-15-12-16(23)2-9-21(15)25-22/h2,5-9,12-13,18-19H,3-4,10-11,14H2,1H3/t18-,19+/m0/s1. The van der Waals surface area contributed by atoms with Gasteiger partial charge in [-0.2, -0.15) is 0 Å². The van der Waals surface area contributed by atoms with Gasteiger partial charge in [0.2, 0.25) is 5.95 Å². The Morgan fingerprint density at radius 3 is 2.64 bits per heavy atom. The summed E-state index contributed by atoms with van der Waals surface area (Å²) >= 11 is 0. The van der Waals surface area contributed by atoms with Crippen LogP contribution in [0, 0.1) is 5.82 Å². The number of halogens is 1. The van der Waals surface area contributed by atoms with Crippen molar-refractivity contribution in [2.45, 2.75) is 31.3 Å². The summed E-state index contributed by atoms with van der Waals surface area (Å²) < 4.78 is 18.7. The lowest BCUT2D eigenvalue weighted by molar-refractivity contribution is 0.414. The van der Waals surface area contributed by atoms with E-state index in [0.29, 0.717) is 12.1 Å². The van der Waals surface area contributed by atoms with Crippen LogP contribution in [0.1, 0.15) is 19.3 Å². The Morgan fingerprint density at radius 2 is 1.82 bits per heavy atom. The summed E-state index contributed by atoms with van der Waals surface area (Å²) in [6.45, 7) is 1.90. The maximum atomic E-state index is 13.4. The summed E-state index contributed by atoms with van der Waals surface area (Å²) in [5.74, 6) is 1.38. The van der Waals surface area contributed by atoms with E-state index in [4.69, 9.17) is 9.72 Å². The SMILES string of the molecule is COc1ccc(N2C[C@H]3CC[C@H]2CCN3c2ncc3cc(F)ccc3n2)cc1. The molecule has 3 aromatic rings. The van der Waals surface area contributed by atoms with Gasteiger partial charge in [-0.15, -0.1) is 0 Å². The Bertz CT molecular complexity index is 993. The van der Waals surface area contributed by atoms with E-state index in [1.807, 2.05) is 12.1 Å². The van der Waals surface area contributed by atoms with Gasteiger partial charge in [-0.25, -0.2) is 14.4 Å². The second-order valence-electron chi connectivity index (χ2n) is 7.59. The van der Waals surface area contributed by atoms with Crippen LogP contribution in [-0.4, -0.2) is 42.3 Å². The van der Waals surface area contributed by atoms with Gasteiger partial charge in [0.15, 0.2) is 0 Å². The highest BCUT2D eigenvalue weighted by Gasteiger charge is 2.36. The minimum Gasteiger partial charge on any atom is -0.497 e. The summed E-state index contributed by atoms with van der Waals surface area (Å²) in [6, 6.07) is 13.9. The average Bonchev–Trinajstić information content (AvgIpc) is 3.05. The molecule has 0 radical (unpaired) electrons. The van der Waals surface area contributed by atoms with Crippen LogP contribution < -0.4 is 14.5 Å². The maximum absolute atomic E-state index is 13.4. The van der Waals surface area contributed by atoms with Gasteiger partial charge < -0.3 is 14.5 Å². The van der Waals surface area contributed by atoms with Crippen LogP contribution in [0.2, 0.25) is 0 Å². The van der Waals surface area contributed by atoms with Crippen LogP contribution in [-0.2, 0) is 0 Å². The molecule has 2 atom stereocenters. The molecule has 0 spiro atoms. The van der Waals surface area contributed by atoms with Crippen LogP contribution in [0.25, 0.3) is 10.9 Å². The summed E-state index contributed by atoms with van der Waals surface area (Å²) in [7, 11) is 1.69. The molecule has 3 saturated heterocycles. The number of hydrogen-bond acceptors (Lipinski definition) is 5. The van der Waals surface area contributed by atoms with Gasteiger partial charge in [0.1, 0.15) is 11.6 Å². The molecule has 6 heteroatoms. The number of nitrogens with zero attached hydrogens (tertiary/aromatic N) is 4. The number of hydrogen-bond donors (Lipinski definition) is 0. The Kier molecular flexibility index (Phi) is 4.26. The maximum Gasteiger partial charge on any atom is 0.226 e. The molecule has 3 aliphatic rings. The van der Waals surface area contributed by atoms with Gasteiger partial charge in [-0.3, -0.25) is 0 Å². The molecule has 28 heavy (non-hydrogen) atoms. The smallest absolute Gasteiger partial charge is 0.226 e. The van der Waals surface area contributed by atoms with Crippen LogP contribution in [0.3, 0.4) is 0 Å². The van der Waals surface area contributed by atoms with Crippen LogP contribution in [0.5, 0.6) is 5.75 Å². The molecule has 4 heterocycles. The van der Waals surface area contributed by atoms with Crippen molar-refractivity contribution >= 4 is 22.5 Å². The fourth-order valence-electron chi connectivity index (χ4n) is 4.52. The van der Waals surface area contributed by atoms with Crippen LogP contribution in [0.4, 0.5) is 16.0 Å². The topological polar surface area (TPSA) is 41.5 Å². The number of benzene rings is 2. The van der Waals surface area contributed by atoms with Crippen molar-refractivity contribution in [3.63, 3.8) is 0 Å². The molecule has 2 aromatic carbocycles. The summed E-state index contributed by atoms with van der Waals surface area (Å²) in [5, 5.41) is 0.739. The van der Waals surface area contributed by atoms with Crippen molar-refractivity contribution in [2.75, 3.05) is 30.0 Å². The first-order chi connectivity index (χ1) is 13.7. The van der Waals surface area contributed by atoms with Gasteiger partial charge >= 0.3 is 0 Å². The minimum absolute atomic E-state index is 0.257. The molecular weight excluding hydrogens is 355 g/mol. The van der Waals surface area contributed by atoms with E-state index in [1.165, 1.54) is 24.2 Å². The Hall–Kier alpha value is -2.89. The molecule has 0 unspecified atom stereocenters. The highest BCUT2D eigenvalue weighted by molar-refractivity contribution is 5.78. The predicted octanol–water partition coefficient (Wildman–Crippen LogP) is 4.03. The fraction of sp³-hybridized carbons (Fsp3) is 0.364. The molecule has 0 aliphatic carbocycles. The van der Waals surface area contributed by atoms with E-state index in [1.54, 1.807) is 19.4 Å². The van der Waals surface area contributed by atoms with Gasteiger partial charge in [-0.1, -0.05) is 0 Å². The van der Waals surface area contributed by atoms with Crippen molar-refractivity contribution in [3.05, 3.63) is 54.5 Å². The Labute approximate surface area is 163 Å². The van der Waals surface area contributed by atoms with Crippen LogP contribution in [0.15, 0.2) is 48.7 Å². The zero-order valence-electron chi connectivity index (χ0n) is 15.9. The van der Waals surface area contributed by atoms with E-state index in [2.05, 4.69) is 26.9 Å². The molecule has 0 amide bonds. The van der Waals surface area contributed by atoms with Crippen LogP contribution >= 0.6 is 0 Å². The highest BCUT2D eigenvalue weighted by atomic mass is 19.1. The quantitative estimate of drug-likeness (QED) is 0.688. The normalized spacial score (nSPS) is 21.8. The molecule has 0 N–H and O–H groups in total. The molecule has 3 aliphatic heterocycles. The zero-order chi connectivity index (χ0) is 19.1. The Balaban J connectivity index is 1.43. The first-order valence-corrected chi connectivity index (χ1v) is 9.81. The van der Waals surface area contributed by atoms with E-state index in [-0.39, 0.29) is 5.82 Å². The van der Waals surface area contributed by atoms with E-state index < -0.39 is 0 Å². The second kappa shape index (κ2) is 6.93. The van der Waals surface area contributed by atoms with Crippen molar-refractivity contribution in [2.24, 2.45) is 0 Å². The number of ether oxygens (including phenoxy) is 1. The zero-order valence-corrected chi connectivity index (χ0v) is 15.9. The molecular formula is C22H23FN4O.